The first kappa shape index (κ1) is 9.47. The summed E-state index contributed by atoms with van der Waals surface area (Å²) >= 11 is 0. The van der Waals surface area contributed by atoms with Crippen LogP contribution >= 0.6 is 0 Å². The van der Waals surface area contributed by atoms with Gasteiger partial charge in [0.25, 0.3) is 0 Å². The van der Waals surface area contributed by atoms with E-state index in [1.807, 2.05) is 19.2 Å². The number of hydrogen-bond acceptors (Lipinski definition) is 3. The fourth-order valence-corrected chi connectivity index (χ4v) is 2.53. The molecule has 5 nitrogen and oxygen atoms in total. The van der Waals surface area contributed by atoms with Crippen LogP contribution in [-0.4, -0.2) is 21.6 Å². The molecule has 1 unspecified atom stereocenters. The molecular formula is C11H13N3O2. The van der Waals surface area contributed by atoms with Crippen molar-refractivity contribution >= 4 is 11.0 Å². The lowest BCUT2D eigenvalue weighted by atomic mass is 9.99. The van der Waals surface area contributed by atoms with E-state index in [0.717, 1.165) is 22.2 Å². The molecule has 0 saturated carbocycles. The van der Waals surface area contributed by atoms with Gasteiger partial charge in [0.1, 0.15) is 5.52 Å². The van der Waals surface area contributed by atoms with Crippen molar-refractivity contribution in [3.05, 3.63) is 34.2 Å². The van der Waals surface area contributed by atoms with Crippen molar-refractivity contribution in [2.75, 3.05) is 7.05 Å². The number of benzene rings is 1. The molecule has 1 aromatic carbocycles. The summed E-state index contributed by atoms with van der Waals surface area (Å²) in [7, 11) is 1.91. The Bertz CT molecular complexity index is 611. The molecule has 0 fully saturated rings. The maximum atomic E-state index is 11.8. The van der Waals surface area contributed by atoms with Crippen molar-refractivity contribution in [1.82, 2.24) is 14.6 Å². The van der Waals surface area contributed by atoms with Crippen LogP contribution in [0.2, 0.25) is 0 Å². The summed E-state index contributed by atoms with van der Waals surface area (Å²) in [6, 6.07) is 5.88. The second-order valence-electron chi connectivity index (χ2n) is 4.09. The molecule has 84 valence electrons. The average Bonchev–Trinajstić information content (AvgIpc) is 2.57. The highest BCUT2D eigenvalue weighted by molar-refractivity contribution is 5.80. The molecule has 2 heterocycles. The van der Waals surface area contributed by atoms with E-state index < -0.39 is 0 Å². The summed E-state index contributed by atoms with van der Waals surface area (Å²) in [5.74, 6) is 0. The first-order chi connectivity index (χ1) is 7.74. The van der Waals surface area contributed by atoms with Crippen LogP contribution in [0.25, 0.3) is 11.0 Å². The van der Waals surface area contributed by atoms with Gasteiger partial charge in [-0.15, -0.1) is 4.73 Å². The molecule has 16 heavy (non-hydrogen) atoms. The van der Waals surface area contributed by atoms with Crippen molar-refractivity contribution in [1.29, 1.82) is 0 Å². The molecule has 3 rings (SSSR count). The smallest absolute Gasteiger partial charge is 0.361 e. The third kappa shape index (κ3) is 1.01. The van der Waals surface area contributed by atoms with E-state index in [0.29, 0.717) is 12.1 Å². The topological polar surface area (TPSA) is 59.2 Å². The highest BCUT2D eigenvalue weighted by Crippen LogP contribution is 2.29. The maximum absolute atomic E-state index is 11.8. The van der Waals surface area contributed by atoms with Gasteiger partial charge in [0.15, 0.2) is 0 Å². The summed E-state index contributed by atoms with van der Waals surface area (Å²) < 4.78 is 2.37. The molecule has 0 spiro atoms. The van der Waals surface area contributed by atoms with Crippen LogP contribution in [0, 0.1) is 0 Å². The fraction of sp³-hybridized carbons (Fsp3) is 0.364. The van der Waals surface area contributed by atoms with Crippen molar-refractivity contribution in [3.63, 3.8) is 0 Å². The first-order valence-electron chi connectivity index (χ1n) is 5.34. The lowest BCUT2D eigenvalue weighted by Gasteiger charge is -2.23. The summed E-state index contributed by atoms with van der Waals surface area (Å²) in [6.07, 6.45) is 0.868. The van der Waals surface area contributed by atoms with Gasteiger partial charge < -0.3 is 10.5 Å². The summed E-state index contributed by atoms with van der Waals surface area (Å²) in [5, 5.41) is 12.9. The maximum Gasteiger partial charge on any atom is 0.361 e. The predicted molar refractivity (Wildman–Crippen MR) is 59.8 cm³/mol. The zero-order chi connectivity index (χ0) is 11.3. The van der Waals surface area contributed by atoms with Gasteiger partial charge in [0, 0.05) is 12.6 Å². The largest absolute Gasteiger partial charge is 0.424 e. The monoisotopic (exact) mass is 219 g/mol. The van der Waals surface area contributed by atoms with E-state index in [1.165, 1.54) is 0 Å². The molecule has 0 bridgehead atoms. The van der Waals surface area contributed by atoms with Gasteiger partial charge in [-0.05, 0) is 25.1 Å². The molecule has 1 aliphatic heterocycles. The number of nitrogens with zero attached hydrogens (tertiary/aromatic N) is 2. The molecule has 2 N–H and O–H groups in total. The Kier molecular flexibility index (Phi) is 1.85. The molecule has 2 aromatic rings. The Morgan fingerprint density at radius 2 is 2.31 bits per heavy atom. The van der Waals surface area contributed by atoms with Gasteiger partial charge in [-0.2, -0.15) is 0 Å². The van der Waals surface area contributed by atoms with Gasteiger partial charge >= 0.3 is 5.69 Å². The molecule has 0 amide bonds. The molecule has 0 saturated heterocycles. The van der Waals surface area contributed by atoms with Crippen LogP contribution < -0.4 is 11.0 Å². The van der Waals surface area contributed by atoms with Gasteiger partial charge in [-0.3, -0.25) is 4.57 Å². The van der Waals surface area contributed by atoms with Crippen LogP contribution in [0.1, 0.15) is 18.0 Å². The van der Waals surface area contributed by atoms with Crippen molar-refractivity contribution in [2.45, 2.75) is 19.0 Å². The minimum absolute atomic E-state index is 0.255. The van der Waals surface area contributed by atoms with Crippen molar-refractivity contribution in [3.8, 4) is 0 Å². The van der Waals surface area contributed by atoms with E-state index in [1.54, 1.807) is 10.6 Å². The van der Waals surface area contributed by atoms with Gasteiger partial charge in [-0.1, -0.05) is 12.1 Å². The SMILES string of the molecule is CNC1CCn2c(=O)n(O)c3cccc1c32. The van der Waals surface area contributed by atoms with Crippen LogP contribution in [0.15, 0.2) is 23.0 Å². The molecule has 1 aliphatic rings. The van der Waals surface area contributed by atoms with Crippen LogP contribution in [0.5, 0.6) is 0 Å². The zero-order valence-electron chi connectivity index (χ0n) is 8.97. The van der Waals surface area contributed by atoms with Gasteiger partial charge in [0.2, 0.25) is 0 Å². The third-order valence-electron chi connectivity index (χ3n) is 3.32. The molecule has 1 atom stereocenters. The van der Waals surface area contributed by atoms with E-state index in [2.05, 4.69) is 5.32 Å². The van der Waals surface area contributed by atoms with Crippen LogP contribution in [0.4, 0.5) is 0 Å². The predicted octanol–water partition coefficient (Wildman–Crippen LogP) is 0.704. The van der Waals surface area contributed by atoms with Gasteiger partial charge in [-0.25, -0.2) is 4.79 Å². The fourth-order valence-electron chi connectivity index (χ4n) is 2.53. The van der Waals surface area contributed by atoms with E-state index >= 15 is 0 Å². The molecule has 5 heteroatoms. The van der Waals surface area contributed by atoms with Crippen LogP contribution in [-0.2, 0) is 6.54 Å². The highest BCUT2D eigenvalue weighted by atomic mass is 16.5. The van der Waals surface area contributed by atoms with E-state index in [4.69, 9.17) is 0 Å². The van der Waals surface area contributed by atoms with E-state index in [9.17, 15) is 10.0 Å². The minimum atomic E-state index is -0.350. The Hall–Kier alpha value is -1.75. The van der Waals surface area contributed by atoms with E-state index in [-0.39, 0.29) is 11.7 Å². The number of imidazole rings is 1. The quantitative estimate of drug-likeness (QED) is 0.694. The lowest BCUT2D eigenvalue weighted by molar-refractivity contribution is 0.184. The van der Waals surface area contributed by atoms with Gasteiger partial charge in [0.05, 0.1) is 5.52 Å². The summed E-state index contributed by atoms with van der Waals surface area (Å²) in [4.78, 5) is 11.8. The number of aromatic nitrogens is 2. The molecule has 1 aromatic heterocycles. The number of hydrogen-bond donors (Lipinski definition) is 2. The second-order valence-corrected chi connectivity index (χ2v) is 4.09. The second kappa shape index (κ2) is 3.12. The molecule has 0 aliphatic carbocycles. The Morgan fingerprint density at radius 1 is 1.50 bits per heavy atom. The number of aryl methyl sites for hydroxylation is 1. The normalized spacial score (nSPS) is 19.2. The number of para-hydroxylation sites is 1. The number of rotatable bonds is 1. The summed E-state index contributed by atoms with van der Waals surface area (Å²) in [6.45, 7) is 0.644. The third-order valence-corrected chi connectivity index (χ3v) is 3.32. The standard InChI is InChI=1S/C11H13N3O2/c1-12-8-5-6-13-10-7(8)3-2-4-9(10)14(16)11(13)15/h2-4,8,12,16H,5-6H2,1H3. The summed E-state index contributed by atoms with van der Waals surface area (Å²) in [5.41, 5.74) is 2.16. The van der Waals surface area contributed by atoms with Crippen LogP contribution in [0.3, 0.4) is 0 Å². The zero-order valence-corrected chi connectivity index (χ0v) is 8.97. The number of nitrogens with one attached hydrogen (secondary N) is 1. The Morgan fingerprint density at radius 3 is 3.06 bits per heavy atom. The minimum Gasteiger partial charge on any atom is -0.424 e. The average molecular weight is 219 g/mol. The Balaban J connectivity index is 2.46. The first-order valence-corrected chi connectivity index (χ1v) is 5.34. The molecular weight excluding hydrogens is 206 g/mol. The highest BCUT2D eigenvalue weighted by Gasteiger charge is 2.24. The van der Waals surface area contributed by atoms with Crippen molar-refractivity contribution < 1.29 is 5.21 Å². The molecule has 0 radical (unpaired) electrons. The Labute approximate surface area is 91.9 Å². The lowest BCUT2D eigenvalue weighted by Crippen LogP contribution is -2.29. The van der Waals surface area contributed by atoms with Crippen molar-refractivity contribution in [2.24, 2.45) is 0 Å².